The molecule has 2 unspecified atom stereocenters. The highest BCUT2D eigenvalue weighted by Gasteiger charge is 2.38. The Morgan fingerprint density at radius 1 is 1.00 bits per heavy atom. The van der Waals surface area contributed by atoms with E-state index in [2.05, 4.69) is 54.7 Å². The fourth-order valence-electron chi connectivity index (χ4n) is 4.58. The van der Waals surface area contributed by atoms with Gasteiger partial charge < -0.3 is 5.32 Å². The average Bonchev–Trinajstić information content (AvgIpc) is 3.19. The number of allylic oxidation sites excluding steroid dienone is 1. The van der Waals surface area contributed by atoms with Crippen LogP contribution in [0.25, 0.3) is 16.3 Å². The quantitative estimate of drug-likeness (QED) is 0.703. The van der Waals surface area contributed by atoms with Crippen molar-refractivity contribution in [3.63, 3.8) is 0 Å². The van der Waals surface area contributed by atoms with Gasteiger partial charge in [-0.25, -0.2) is 0 Å². The summed E-state index contributed by atoms with van der Waals surface area (Å²) in [4.78, 5) is 0. The van der Waals surface area contributed by atoms with E-state index in [0.29, 0.717) is 0 Å². The lowest BCUT2D eigenvalue weighted by Crippen LogP contribution is -2.21. The molecule has 0 saturated heterocycles. The van der Waals surface area contributed by atoms with E-state index in [1.54, 1.807) is 11.1 Å². The second-order valence-corrected chi connectivity index (χ2v) is 7.24. The molecule has 0 spiro atoms. The molecule has 1 heteroatoms. The van der Waals surface area contributed by atoms with Crippen molar-refractivity contribution in [2.45, 2.75) is 39.0 Å². The summed E-state index contributed by atoms with van der Waals surface area (Å²) in [5.41, 5.74) is 4.87. The molecule has 2 atom stereocenters. The highest BCUT2D eigenvalue weighted by molar-refractivity contribution is 5.87. The number of nitrogens with one attached hydrogen (secondary N) is 1. The number of hydrogen-bond donors (Lipinski definition) is 1. The van der Waals surface area contributed by atoms with Gasteiger partial charge in [0.2, 0.25) is 0 Å². The zero-order valence-electron chi connectivity index (χ0n) is 14.1. The van der Waals surface area contributed by atoms with Gasteiger partial charge in [0.05, 0.1) is 0 Å². The van der Waals surface area contributed by atoms with Crippen LogP contribution in [0.1, 0.15) is 44.6 Å². The summed E-state index contributed by atoms with van der Waals surface area (Å²) in [7, 11) is 0. The van der Waals surface area contributed by atoms with Crippen molar-refractivity contribution in [2.75, 3.05) is 13.1 Å². The van der Waals surface area contributed by atoms with Crippen LogP contribution in [0.2, 0.25) is 0 Å². The fraction of sp³-hybridized carbons (Fsp3) is 0.455. The topological polar surface area (TPSA) is 12.0 Å². The SMILES string of the molecule is CCCCNCC1=C(c2ccc3ccccc3c2)C2CCC1C2. The smallest absolute Gasteiger partial charge is 0.0173 e. The van der Waals surface area contributed by atoms with Crippen molar-refractivity contribution in [3.8, 4) is 0 Å². The van der Waals surface area contributed by atoms with E-state index in [9.17, 15) is 0 Å². The summed E-state index contributed by atoms with van der Waals surface area (Å²) in [6, 6.07) is 15.8. The monoisotopic (exact) mass is 305 g/mol. The third-order valence-electron chi connectivity index (χ3n) is 5.76. The highest BCUT2D eigenvalue weighted by Crippen LogP contribution is 2.52. The van der Waals surface area contributed by atoms with E-state index in [4.69, 9.17) is 0 Å². The van der Waals surface area contributed by atoms with Gasteiger partial charge in [-0.3, -0.25) is 0 Å². The first-order chi connectivity index (χ1) is 11.4. The molecule has 2 aliphatic carbocycles. The van der Waals surface area contributed by atoms with Crippen LogP contribution in [-0.4, -0.2) is 13.1 Å². The van der Waals surface area contributed by atoms with Crippen LogP contribution in [0.3, 0.4) is 0 Å². The molecule has 4 rings (SSSR count). The maximum atomic E-state index is 3.69. The van der Waals surface area contributed by atoms with Crippen LogP contribution < -0.4 is 5.32 Å². The molecule has 2 bridgehead atoms. The standard InChI is InChI=1S/C22H27N/c1-2-3-12-23-15-21-18-9-11-20(14-18)22(21)19-10-8-16-6-4-5-7-17(16)13-19/h4-8,10,13,18,20,23H,2-3,9,11-12,14-15H2,1H3. The summed E-state index contributed by atoms with van der Waals surface area (Å²) < 4.78 is 0. The molecule has 0 radical (unpaired) electrons. The maximum absolute atomic E-state index is 3.69. The highest BCUT2D eigenvalue weighted by atomic mass is 14.9. The number of unbranched alkanes of at least 4 members (excludes halogenated alkanes) is 1. The molecular weight excluding hydrogens is 278 g/mol. The van der Waals surface area contributed by atoms with Crippen LogP contribution in [0.5, 0.6) is 0 Å². The minimum absolute atomic E-state index is 0.809. The van der Waals surface area contributed by atoms with Crippen molar-refractivity contribution >= 4 is 16.3 Å². The zero-order valence-corrected chi connectivity index (χ0v) is 14.1. The second kappa shape index (κ2) is 6.49. The number of hydrogen-bond acceptors (Lipinski definition) is 1. The van der Waals surface area contributed by atoms with Crippen molar-refractivity contribution in [1.29, 1.82) is 0 Å². The molecule has 0 aliphatic heterocycles. The van der Waals surface area contributed by atoms with Crippen LogP contribution in [0, 0.1) is 11.8 Å². The second-order valence-electron chi connectivity index (χ2n) is 7.24. The van der Waals surface area contributed by atoms with Crippen LogP contribution in [-0.2, 0) is 0 Å². The molecule has 2 aliphatic rings. The van der Waals surface area contributed by atoms with E-state index in [1.165, 1.54) is 48.4 Å². The van der Waals surface area contributed by atoms with E-state index in [0.717, 1.165) is 24.9 Å². The number of benzene rings is 2. The van der Waals surface area contributed by atoms with Crippen LogP contribution in [0.15, 0.2) is 48.0 Å². The number of fused-ring (bicyclic) bond motifs is 3. The minimum atomic E-state index is 0.809. The van der Waals surface area contributed by atoms with Gasteiger partial charge >= 0.3 is 0 Å². The van der Waals surface area contributed by atoms with Gasteiger partial charge in [-0.15, -0.1) is 0 Å². The van der Waals surface area contributed by atoms with E-state index in [-0.39, 0.29) is 0 Å². The third-order valence-corrected chi connectivity index (χ3v) is 5.76. The lowest BCUT2D eigenvalue weighted by atomic mass is 9.86. The molecule has 23 heavy (non-hydrogen) atoms. The summed E-state index contributed by atoms with van der Waals surface area (Å²) in [5, 5.41) is 6.42. The maximum Gasteiger partial charge on any atom is 0.0173 e. The third kappa shape index (κ3) is 2.83. The summed E-state index contributed by atoms with van der Waals surface area (Å²) in [6.45, 7) is 4.52. The van der Waals surface area contributed by atoms with Gasteiger partial charge in [0, 0.05) is 6.54 Å². The largest absolute Gasteiger partial charge is 0.313 e. The predicted molar refractivity (Wildman–Crippen MR) is 99.5 cm³/mol. The lowest BCUT2D eigenvalue weighted by molar-refractivity contribution is 0.596. The molecule has 1 nitrogen and oxygen atoms in total. The van der Waals surface area contributed by atoms with Crippen molar-refractivity contribution in [2.24, 2.45) is 11.8 Å². The Labute approximate surface area is 139 Å². The molecule has 1 fully saturated rings. The van der Waals surface area contributed by atoms with Gasteiger partial charge in [-0.2, -0.15) is 0 Å². The minimum Gasteiger partial charge on any atom is -0.313 e. The summed E-state index contributed by atoms with van der Waals surface area (Å²) in [6.07, 6.45) is 6.76. The first-order valence-electron chi connectivity index (χ1n) is 9.29. The Hall–Kier alpha value is -1.60. The first-order valence-corrected chi connectivity index (χ1v) is 9.29. The molecule has 0 aromatic heterocycles. The normalized spacial score (nSPS) is 23.2. The molecule has 0 heterocycles. The van der Waals surface area contributed by atoms with Crippen LogP contribution in [0.4, 0.5) is 0 Å². The Morgan fingerprint density at radius 3 is 2.70 bits per heavy atom. The van der Waals surface area contributed by atoms with E-state index >= 15 is 0 Å². The molecule has 1 N–H and O–H groups in total. The van der Waals surface area contributed by atoms with Gasteiger partial charge in [-0.1, -0.05) is 49.7 Å². The fourth-order valence-corrected chi connectivity index (χ4v) is 4.58. The van der Waals surface area contributed by atoms with Gasteiger partial charge in [0.1, 0.15) is 0 Å². The molecule has 1 saturated carbocycles. The molecule has 2 aromatic rings. The zero-order chi connectivity index (χ0) is 15.6. The van der Waals surface area contributed by atoms with Crippen molar-refractivity contribution in [3.05, 3.63) is 53.6 Å². The summed E-state index contributed by atoms with van der Waals surface area (Å²) in [5.74, 6) is 1.65. The average molecular weight is 305 g/mol. The Morgan fingerprint density at radius 2 is 1.83 bits per heavy atom. The molecule has 2 aromatic carbocycles. The van der Waals surface area contributed by atoms with E-state index < -0.39 is 0 Å². The van der Waals surface area contributed by atoms with Gasteiger partial charge in [0.25, 0.3) is 0 Å². The Bertz CT molecular complexity index is 728. The lowest BCUT2D eigenvalue weighted by Gasteiger charge is -2.21. The summed E-state index contributed by atoms with van der Waals surface area (Å²) >= 11 is 0. The Balaban J connectivity index is 1.66. The van der Waals surface area contributed by atoms with Gasteiger partial charge in [0.15, 0.2) is 0 Å². The molecule has 120 valence electrons. The predicted octanol–water partition coefficient (Wildman–Crippen LogP) is 5.41. The van der Waals surface area contributed by atoms with Crippen molar-refractivity contribution < 1.29 is 0 Å². The number of rotatable bonds is 6. The molecular formula is C22H27N. The van der Waals surface area contributed by atoms with Crippen LogP contribution >= 0.6 is 0 Å². The Kier molecular flexibility index (Phi) is 4.22. The van der Waals surface area contributed by atoms with Crippen molar-refractivity contribution in [1.82, 2.24) is 5.32 Å². The first kappa shape index (κ1) is 15.0. The molecule has 0 amide bonds. The van der Waals surface area contributed by atoms with E-state index in [1.807, 2.05) is 0 Å². The van der Waals surface area contributed by atoms with Gasteiger partial charge in [-0.05, 0) is 77.6 Å².